The van der Waals surface area contributed by atoms with Crippen LogP contribution in [0.5, 0.6) is 5.75 Å². The molecule has 5 heteroatoms. The Labute approximate surface area is 119 Å². The molecule has 2 aromatic rings. The van der Waals surface area contributed by atoms with Crippen molar-refractivity contribution in [1.82, 2.24) is 0 Å². The monoisotopic (exact) mass is 306 g/mol. The molecule has 0 aliphatic heterocycles. The van der Waals surface area contributed by atoms with Crippen LogP contribution >= 0.6 is 46.1 Å². The number of para-hydroxylation sites is 1. The van der Waals surface area contributed by atoms with Crippen molar-refractivity contribution in [3.05, 3.63) is 50.1 Å². The standard InChI is InChI=1S/C12H9Cl3OS/c13-6-8-2-1-3-10(14)12(8)16-7-9-4-5-11(15)17-9/h1-5H,6-7H2. The van der Waals surface area contributed by atoms with Gasteiger partial charge in [0.1, 0.15) is 12.4 Å². The van der Waals surface area contributed by atoms with Crippen LogP contribution in [-0.4, -0.2) is 0 Å². The van der Waals surface area contributed by atoms with E-state index in [4.69, 9.17) is 39.5 Å². The van der Waals surface area contributed by atoms with Crippen LogP contribution < -0.4 is 4.74 Å². The molecule has 0 atom stereocenters. The number of halogens is 3. The van der Waals surface area contributed by atoms with Crippen LogP contribution in [-0.2, 0) is 12.5 Å². The third-order valence-corrected chi connectivity index (χ3v) is 3.97. The van der Waals surface area contributed by atoms with Crippen LogP contribution in [0.25, 0.3) is 0 Å². The molecule has 0 fully saturated rings. The van der Waals surface area contributed by atoms with Crippen molar-refractivity contribution in [2.24, 2.45) is 0 Å². The largest absolute Gasteiger partial charge is 0.486 e. The summed E-state index contributed by atoms with van der Waals surface area (Å²) in [6.45, 7) is 0.449. The fourth-order valence-corrected chi connectivity index (χ4v) is 2.85. The summed E-state index contributed by atoms with van der Waals surface area (Å²) in [4.78, 5) is 1.05. The molecule has 1 heterocycles. The Morgan fingerprint density at radius 3 is 2.59 bits per heavy atom. The normalized spacial score (nSPS) is 10.5. The molecule has 1 aromatic heterocycles. The maximum atomic E-state index is 6.07. The molecule has 1 aromatic carbocycles. The van der Waals surface area contributed by atoms with E-state index in [9.17, 15) is 0 Å². The van der Waals surface area contributed by atoms with Crippen LogP contribution in [0.15, 0.2) is 30.3 Å². The smallest absolute Gasteiger partial charge is 0.142 e. The van der Waals surface area contributed by atoms with E-state index in [2.05, 4.69) is 0 Å². The summed E-state index contributed by atoms with van der Waals surface area (Å²) in [5.74, 6) is 1.02. The minimum atomic E-state index is 0.376. The van der Waals surface area contributed by atoms with E-state index in [1.165, 1.54) is 11.3 Å². The van der Waals surface area contributed by atoms with Gasteiger partial charge in [0.05, 0.1) is 15.2 Å². The predicted octanol–water partition coefficient (Wildman–Crippen LogP) is 5.37. The van der Waals surface area contributed by atoms with Crippen molar-refractivity contribution in [2.75, 3.05) is 0 Å². The van der Waals surface area contributed by atoms with Crippen LogP contribution in [0.2, 0.25) is 9.36 Å². The molecule has 0 aliphatic carbocycles. The van der Waals surface area contributed by atoms with Gasteiger partial charge in [-0.05, 0) is 18.2 Å². The SMILES string of the molecule is ClCc1cccc(Cl)c1OCc1ccc(Cl)s1. The maximum absolute atomic E-state index is 6.07. The lowest BCUT2D eigenvalue weighted by Gasteiger charge is -2.10. The summed E-state index contributed by atoms with van der Waals surface area (Å²) >= 11 is 19.2. The predicted molar refractivity (Wildman–Crippen MR) is 74.7 cm³/mol. The Morgan fingerprint density at radius 1 is 1.12 bits per heavy atom. The number of hydrogen-bond donors (Lipinski definition) is 0. The molecule has 0 radical (unpaired) electrons. The summed E-state index contributed by atoms with van der Waals surface area (Å²) in [5, 5.41) is 0.575. The molecule has 0 bridgehead atoms. The average molecular weight is 308 g/mol. The maximum Gasteiger partial charge on any atom is 0.142 e. The molecule has 90 valence electrons. The van der Waals surface area contributed by atoms with Gasteiger partial charge in [-0.15, -0.1) is 22.9 Å². The van der Waals surface area contributed by atoms with Gasteiger partial charge in [-0.25, -0.2) is 0 Å². The first kappa shape index (κ1) is 13.0. The molecule has 2 rings (SSSR count). The molecular weight excluding hydrogens is 299 g/mol. The second kappa shape index (κ2) is 5.96. The zero-order chi connectivity index (χ0) is 12.3. The van der Waals surface area contributed by atoms with E-state index in [0.717, 1.165) is 14.8 Å². The summed E-state index contributed by atoms with van der Waals surface area (Å²) < 4.78 is 6.44. The molecule has 0 N–H and O–H groups in total. The third-order valence-electron chi connectivity index (χ3n) is 2.18. The van der Waals surface area contributed by atoms with Crippen LogP contribution in [0.3, 0.4) is 0 Å². The highest BCUT2D eigenvalue weighted by molar-refractivity contribution is 7.16. The number of thiophene rings is 1. The van der Waals surface area contributed by atoms with Gasteiger partial charge in [0.2, 0.25) is 0 Å². The van der Waals surface area contributed by atoms with E-state index in [1.807, 2.05) is 24.3 Å². The van der Waals surface area contributed by atoms with E-state index < -0.39 is 0 Å². The Balaban J connectivity index is 2.13. The molecule has 0 saturated carbocycles. The Hall–Kier alpha value is -0.410. The van der Waals surface area contributed by atoms with Gasteiger partial charge in [0, 0.05) is 10.4 Å². The van der Waals surface area contributed by atoms with Gasteiger partial charge >= 0.3 is 0 Å². The fourth-order valence-electron chi connectivity index (χ4n) is 1.39. The van der Waals surface area contributed by atoms with Crippen molar-refractivity contribution < 1.29 is 4.74 Å². The highest BCUT2D eigenvalue weighted by Gasteiger charge is 2.08. The first-order chi connectivity index (χ1) is 8.20. The van der Waals surface area contributed by atoms with Crippen LogP contribution in [0, 0.1) is 0 Å². The Kier molecular flexibility index (Phi) is 4.57. The number of alkyl halides is 1. The summed E-state index contributed by atoms with van der Waals surface area (Å²) in [6.07, 6.45) is 0. The fraction of sp³-hybridized carbons (Fsp3) is 0.167. The summed E-state index contributed by atoms with van der Waals surface area (Å²) in [7, 11) is 0. The minimum absolute atomic E-state index is 0.376. The van der Waals surface area contributed by atoms with Gasteiger partial charge in [0.15, 0.2) is 0 Å². The van der Waals surface area contributed by atoms with E-state index >= 15 is 0 Å². The topological polar surface area (TPSA) is 9.23 Å². The second-order valence-electron chi connectivity index (χ2n) is 3.36. The molecule has 1 nitrogen and oxygen atoms in total. The first-order valence-corrected chi connectivity index (χ1v) is 7.02. The van der Waals surface area contributed by atoms with E-state index in [-0.39, 0.29) is 0 Å². The third kappa shape index (κ3) is 3.29. The molecule has 17 heavy (non-hydrogen) atoms. The quantitative estimate of drug-likeness (QED) is 0.690. The lowest BCUT2D eigenvalue weighted by Crippen LogP contribution is -1.96. The zero-order valence-electron chi connectivity index (χ0n) is 8.75. The minimum Gasteiger partial charge on any atom is -0.486 e. The van der Waals surface area contributed by atoms with Crippen LogP contribution in [0.1, 0.15) is 10.4 Å². The lowest BCUT2D eigenvalue weighted by molar-refractivity contribution is 0.307. The van der Waals surface area contributed by atoms with Gasteiger partial charge in [-0.3, -0.25) is 0 Å². The molecular formula is C12H9Cl3OS. The Bertz CT molecular complexity index is 510. The van der Waals surface area contributed by atoms with Crippen molar-refractivity contribution in [3.63, 3.8) is 0 Å². The van der Waals surface area contributed by atoms with Crippen molar-refractivity contribution >= 4 is 46.1 Å². The van der Waals surface area contributed by atoms with Gasteiger partial charge in [-0.2, -0.15) is 0 Å². The molecule has 0 spiro atoms. The number of ether oxygens (including phenoxy) is 1. The number of rotatable bonds is 4. The van der Waals surface area contributed by atoms with Crippen molar-refractivity contribution in [1.29, 1.82) is 0 Å². The lowest BCUT2D eigenvalue weighted by atomic mass is 10.2. The van der Waals surface area contributed by atoms with E-state index in [0.29, 0.717) is 23.3 Å². The molecule has 0 saturated heterocycles. The second-order valence-corrected chi connectivity index (χ2v) is 5.83. The van der Waals surface area contributed by atoms with Crippen LogP contribution in [0.4, 0.5) is 0 Å². The molecule has 0 unspecified atom stereocenters. The number of benzene rings is 1. The van der Waals surface area contributed by atoms with Crippen molar-refractivity contribution in [3.8, 4) is 5.75 Å². The average Bonchev–Trinajstić information content (AvgIpc) is 2.73. The molecule has 0 aliphatic rings. The van der Waals surface area contributed by atoms with Gasteiger partial charge in [-0.1, -0.05) is 35.3 Å². The first-order valence-electron chi connectivity index (χ1n) is 4.91. The van der Waals surface area contributed by atoms with Gasteiger partial charge < -0.3 is 4.74 Å². The van der Waals surface area contributed by atoms with Crippen molar-refractivity contribution in [2.45, 2.75) is 12.5 Å². The van der Waals surface area contributed by atoms with Gasteiger partial charge in [0.25, 0.3) is 0 Å². The summed E-state index contributed by atoms with van der Waals surface area (Å²) in [5.41, 5.74) is 0.891. The van der Waals surface area contributed by atoms with E-state index in [1.54, 1.807) is 6.07 Å². The number of hydrogen-bond acceptors (Lipinski definition) is 2. The highest BCUT2D eigenvalue weighted by Crippen LogP contribution is 2.31. The Morgan fingerprint density at radius 2 is 1.94 bits per heavy atom. The molecule has 0 amide bonds. The zero-order valence-corrected chi connectivity index (χ0v) is 11.8. The summed E-state index contributed by atoms with van der Waals surface area (Å²) in [6, 6.07) is 9.32. The highest BCUT2D eigenvalue weighted by atomic mass is 35.5.